The van der Waals surface area contributed by atoms with Gasteiger partial charge in [0.15, 0.2) is 5.16 Å². The van der Waals surface area contributed by atoms with E-state index in [0.717, 1.165) is 10.3 Å². The number of aromatic nitrogens is 4. The molecule has 3 rings (SSSR count). The summed E-state index contributed by atoms with van der Waals surface area (Å²) in [5.74, 6) is 1.89. The third kappa shape index (κ3) is 7.23. The molecule has 2 heterocycles. The quantitative estimate of drug-likeness (QED) is 0.186. The number of pyridine rings is 1. The Balaban J connectivity index is 1.52. The molecule has 0 spiro atoms. The Kier molecular flexibility index (Phi) is 9.40. The van der Waals surface area contributed by atoms with Crippen LogP contribution in [0.3, 0.4) is 0 Å². The Labute approximate surface area is 208 Å². The van der Waals surface area contributed by atoms with E-state index in [1.54, 1.807) is 36.5 Å². The first-order chi connectivity index (χ1) is 15.5. The average Bonchev–Trinajstić information content (AvgIpc) is 3.14. The smallest absolute Gasteiger partial charge is 0.236 e. The minimum absolute atomic E-state index is 0.173. The van der Waals surface area contributed by atoms with E-state index in [1.807, 2.05) is 10.6 Å². The summed E-state index contributed by atoms with van der Waals surface area (Å²) in [5, 5.41) is 13.0. The Morgan fingerprint density at radius 3 is 2.84 bits per heavy atom. The summed E-state index contributed by atoms with van der Waals surface area (Å²) in [6.07, 6.45) is 4.77. The molecule has 7 nitrogen and oxygen atoms in total. The van der Waals surface area contributed by atoms with Crippen molar-refractivity contribution in [3.05, 3.63) is 69.5 Å². The number of ether oxygens (including phenoxy) is 1. The first-order valence-electron chi connectivity index (χ1n) is 9.61. The molecule has 0 saturated carbocycles. The van der Waals surface area contributed by atoms with Crippen molar-refractivity contribution in [2.45, 2.75) is 24.5 Å². The second-order valence-electron chi connectivity index (χ2n) is 6.52. The number of carbonyl (C=O) groups excluding carboxylic acids is 1. The van der Waals surface area contributed by atoms with Crippen molar-refractivity contribution in [1.82, 2.24) is 19.7 Å². The van der Waals surface area contributed by atoms with Crippen LogP contribution >= 0.6 is 50.9 Å². The van der Waals surface area contributed by atoms with Crippen molar-refractivity contribution in [2.24, 2.45) is 0 Å². The molecule has 3 aromatic rings. The van der Waals surface area contributed by atoms with E-state index in [9.17, 15) is 4.79 Å². The van der Waals surface area contributed by atoms with Crippen LogP contribution in [0.15, 0.2) is 58.8 Å². The van der Waals surface area contributed by atoms with Crippen LogP contribution in [0.25, 0.3) is 0 Å². The second kappa shape index (κ2) is 12.2. The summed E-state index contributed by atoms with van der Waals surface area (Å²) in [7, 11) is 0. The van der Waals surface area contributed by atoms with Crippen molar-refractivity contribution in [3.8, 4) is 5.75 Å². The van der Waals surface area contributed by atoms with Crippen molar-refractivity contribution in [2.75, 3.05) is 17.7 Å². The molecule has 0 aliphatic rings. The molecule has 1 amide bonds. The van der Waals surface area contributed by atoms with Crippen LogP contribution in [-0.4, -0.2) is 38.0 Å². The minimum Gasteiger partial charge on any atom is -0.492 e. The first-order valence-corrected chi connectivity index (χ1v) is 12.1. The van der Waals surface area contributed by atoms with Gasteiger partial charge in [-0.25, -0.2) is 4.98 Å². The zero-order chi connectivity index (χ0) is 22.9. The molecule has 1 N–H and O–H groups in total. The highest BCUT2D eigenvalue weighted by Gasteiger charge is 2.14. The number of allylic oxidation sites excluding steroid dienone is 1. The highest BCUT2D eigenvalue weighted by molar-refractivity contribution is 9.10. The topological polar surface area (TPSA) is 81.9 Å². The molecule has 0 fully saturated rings. The van der Waals surface area contributed by atoms with Crippen LogP contribution in [-0.2, 0) is 17.8 Å². The van der Waals surface area contributed by atoms with Crippen LogP contribution in [0, 0.1) is 0 Å². The van der Waals surface area contributed by atoms with Gasteiger partial charge in [0.2, 0.25) is 5.91 Å². The van der Waals surface area contributed by atoms with E-state index in [4.69, 9.17) is 27.9 Å². The van der Waals surface area contributed by atoms with Gasteiger partial charge in [0.05, 0.1) is 17.4 Å². The molecule has 32 heavy (non-hydrogen) atoms. The minimum atomic E-state index is -0.173. The van der Waals surface area contributed by atoms with Crippen molar-refractivity contribution < 1.29 is 9.53 Å². The van der Waals surface area contributed by atoms with Gasteiger partial charge in [-0.1, -0.05) is 41.0 Å². The molecule has 0 atom stereocenters. The van der Waals surface area contributed by atoms with Crippen LogP contribution in [0.5, 0.6) is 5.75 Å². The van der Waals surface area contributed by atoms with Gasteiger partial charge in [-0.05, 0) is 52.7 Å². The van der Waals surface area contributed by atoms with Crippen LogP contribution < -0.4 is 10.1 Å². The predicted octanol–water partition coefficient (Wildman–Crippen LogP) is 5.67. The molecule has 1 aromatic carbocycles. The first kappa shape index (κ1) is 24.6. The number of rotatable bonds is 11. The number of halogens is 3. The van der Waals surface area contributed by atoms with E-state index in [1.165, 1.54) is 11.8 Å². The third-order valence-electron chi connectivity index (χ3n) is 4.13. The summed E-state index contributed by atoms with van der Waals surface area (Å²) in [6.45, 7) is 4.81. The third-order valence-corrected chi connectivity index (χ3v) is 6.09. The van der Waals surface area contributed by atoms with Gasteiger partial charge in [0.1, 0.15) is 17.4 Å². The number of anilines is 1. The number of benzene rings is 1. The maximum Gasteiger partial charge on any atom is 0.236 e. The molecule has 0 unspecified atom stereocenters. The lowest BCUT2D eigenvalue weighted by Gasteiger charge is -2.10. The number of hydrogen-bond acceptors (Lipinski definition) is 6. The van der Waals surface area contributed by atoms with Crippen LogP contribution in [0.4, 0.5) is 5.82 Å². The largest absolute Gasteiger partial charge is 0.492 e. The summed E-state index contributed by atoms with van der Waals surface area (Å²) in [6, 6.07) is 8.66. The number of nitrogens with zero attached hydrogens (tertiary/aromatic N) is 4. The fraction of sp³-hybridized carbons (Fsp3) is 0.238. The Bertz CT molecular complexity index is 1080. The van der Waals surface area contributed by atoms with Crippen molar-refractivity contribution in [3.63, 3.8) is 0 Å². The fourth-order valence-corrected chi connectivity index (χ4v) is 4.15. The summed E-state index contributed by atoms with van der Waals surface area (Å²) >= 11 is 16.6. The molecule has 0 aliphatic heterocycles. The monoisotopic (exact) mass is 555 g/mol. The molecule has 0 bridgehead atoms. The highest BCUT2D eigenvalue weighted by Crippen LogP contribution is 2.27. The Morgan fingerprint density at radius 1 is 1.28 bits per heavy atom. The molecular weight excluding hydrogens is 537 g/mol. The number of amides is 1. The van der Waals surface area contributed by atoms with Crippen LogP contribution in [0.2, 0.25) is 10.0 Å². The summed E-state index contributed by atoms with van der Waals surface area (Å²) < 4.78 is 8.51. The van der Waals surface area contributed by atoms with Gasteiger partial charge >= 0.3 is 0 Å². The number of carbonyl (C=O) groups is 1. The predicted molar refractivity (Wildman–Crippen MR) is 132 cm³/mol. The van der Waals surface area contributed by atoms with E-state index in [2.05, 4.69) is 43.0 Å². The van der Waals surface area contributed by atoms with Gasteiger partial charge in [-0.2, -0.15) is 0 Å². The highest BCUT2D eigenvalue weighted by atomic mass is 79.9. The second-order valence-corrected chi connectivity index (χ2v) is 9.23. The van der Waals surface area contributed by atoms with Gasteiger partial charge < -0.3 is 14.6 Å². The molecule has 2 aromatic heterocycles. The SMILES string of the molecule is C=CCn1c(CCCOc2ccc(Cl)cc2Cl)nnc1SCC(=O)Nc1ccc(Br)cn1. The lowest BCUT2D eigenvalue weighted by molar-refractivity contribution is -0.113. The molecule has 0 radical (unpaired) electrons. The maximum absolute atomic E-state index is 12.2. The zero-order valence-electron chi connectivity index (χ0n) is 16.9. The Morgan fingerprint density at radius 2 is 2.12 bits per heavy atom. The standard InChI is InChI=1S/C21H20BrCl2N5O2S/c1-2-9-29-19(4-3-10-31-17-7-6-15(23)11-16(17)24)27-28-21(29)32-13-20(30)26-18-8-5-14(22)12-25-18/h2,5-8,11-12H,1,3-4,9-10,13H2,(H,25,26,30). The van der Waals surface area contributed by atoms with Gasteiger partial charge in [-0.3, -0.25) is 4.79 Å². The van der Waals surface area contributed by atoms with E-state index < -0.39 is 0 Å². The molecule has 11 heteroatoms. The summed E-state index contributed by atoms with van der Waals surface area (Å²) in [4.78, 5) is 16.4. The van der Waals surface area contributed by atoms with Crippen LogP contribution in [0.1, 0.15) is 12.2 Å². The Hall–Kier alpha value is -2.07. The molecule has 0 saturated heterocycles. The van der Waals surface area contributed by atoms with E-state index in [-0.39, 0.29) is 11.7 Å². The van der Waals surface area contributed by atoms with Gasteiger partial charge in [0.25, 0.3) is 0 Å². The molecule has 168 valence electrons. The van der Waals surface area contributed by atoms with E-state index >= 15 is 0 Å². The number of aryl methyl sites for hydroxylation is 1. The van der Waals surface area contributed by atoms with Crippen molar-refractivity contribution in [1.29, 1.82) is 0 Å². The van der Waals surface area contributed by atoms with Crippen molar-refractivity contribution >= 4 is 62.6 Å². The lowest BCUT2D eigenvalue weighted by atomic mass is 10.3. The number of thioether (sulfide) groups is 1. The average molecular weight is 557 g/mol. The van der Waals surface area contributed by atoms with Gasteiger partial charge in [0, 0.05) is 28.7 Å². The number of hydrogen-bond donors (Lipinski definition) is 1. The van der Waals surface area contributed by atoms with Gasteiger partial charge in [-0.15, -0.1) is 16.8 Å². The number of nitrogens with one attached hydrogen (secondary N) is 1. The normalized spacial score (nSPS) is 10.7. The molecule has 0 aliphatic carbocycles. The zero-order valence-corrected chi connectivity index (χ0v) is 20.8. The van der Waals surface area contributed by atoms with E-state index in [0.29, 0.717) is 52.8 Å². The fourth-order valence-electron chi connectivity index (χ4n) is 2.69. The maximum atomic E-state index is 12.2. The molecular formula is C21H20BrCl2N5O2S. The lowest BCUT2D eigenvalue weighted by Crippen LogP contribution is -2.15. The summed E-state index contributed by atoms with van der Waals surface area (Å²) in [5.41, 5.74) is 0.